The van der Waals surface area contributed by atoms with Gasteiger partial charge < -0.3 is 14.6 Å². The van der Waals surface area contributed by atoms with Crippen LogP contribution in [-0.2, 0) is 23.9 Å². The number of hydrogen-bond acceptors (Lipinski definition) is 4. The molecule has 1 saturated heterocycles. The molecule has 0 spiro atoms. The van der Waals surface area contributed by atoms with Crippen molar-refractivity contribution in [3.8, 4) is 0 Å². The quantitative estimate of drug-likeness (QED) is 0.428. The zero-order valence-electron chi connectivity index (χ0n) is 20.2. The van der Waals surface area contributed by atoms with E-state index in [1.54, 1.807) is 25.3 Å². The van der Waals surface area contributed by atoms with Gasteiger partial charge in [0.05, 0.1) is 22.8 Å². The third-order valence-corrected chi connectivity index (χ3v) is 7.54. The summed E-state index contributed by atoms with van der Waals surface area (Å²) < 4.78 is 48.2. The van der Waals surface area contributed by atoms with Gasteiger partial charge in [-0.3, -0.25) is 14.0 Å². The van der Waals surface area contributed by atoms with Gasteiger partial charge in [0.1, 0.15) is 11.3 Å². The van der Waals surface area contributed by atoms with Crippen molar-refractivity contribution in [2.24, 2.45) is 0 Å². The van der Waals surface area contributed by atoms with E-state index in [4.69, 9.17) is 4.74 Å². The summed E-state index contributed by atoms with van der Waals surface area (Å²) in [6.07, 6.45) is -0.966. The second-order valence-corrected chi connectivity index (χ2v) is 9.78. The monoisotopic (exact) mass is 510 g/mol. The minimum absolute atomic E-state index is 0.119. The van der Waals surface area contributed by atoms with Crippen molar-refractivity contribution in [2.45, 2.75) is 44.8 Å². The van der Waals surface area contributed by atoms with Crippen LogP contribution in [-0.4, -0.2) is 44.9 Å². The fourth-order valence-corrected chi connectivity index (χ4v) is 5.61. The van der Waals surface area contributed by atoms with Gasteiger partial charge in [-0.1, -0.05) is 12.1 Å². The maximum absolute atomic E-state index is 13.6. The molecule has 1 fully saturated rings. The largest absolute Gasteiger partial charge is 0.416 e. The van der Waals surface area contributed by atoms with E-state index < -0.39 is 11.7 Å². The fraction of sp³-hybridized carbons (Fsp3) is 0.370. The van der Waals surface area contributed by atoms with Crippen LogP contribution in [0, 0.1) is 6.92 Å². The molecular formula is C27H25F3N4O3. The number of halogens is 3. The summed E-state index contributed by atoms with van der Waals surface area (Å²) in [4.78, 5) is 35.3. The molecule has 10 heteroatoms. The predicted molar refractivity (Wildman–Crippen MR) is 131 cm³/mol. The van der Waals surface area contributed by atoms with Crippen LogP contribution in [0.15, 0.2) is 41.3 Å². The molecule has 7 nitrogen and oxygen atoms in total. The molecule has 37 heavy (non-hydrogen) atoms. The first-order chi connectivity index (χ1) is 17.7. The molecule has 2 aromatic carbocycles. The van der Waals surface area contributed by atoms with Gasteiger partial charge in [-0.2, -0.15) is 13.2 Å². The van der Waals surface area contributed by atoms with Crippen molar-refractivity contribution >= 4 is 22.5 Å². The van der Waals surface area contributed by atoms with E-state index >= 15 is 0 Å². The van der Waals surface area contributed by atoms with Gasteiger partial charge in [-0.25, -0.2) is 4.98 Å². The van der Waals surface area contributed by atoms with Gasteiger partial charge in [0.25, 0.3) is 11.5 Å². The minimum Gasteiger partial charge on any atom is -0.381 e. The predicted octanol–water partition coefficient (Wildman–Crippen LogP) is 4.60. The number of carbonyl (C=O) groups excluding carboxylic acids is 1. The van der Waals surface area contributed by atoms with E-state index in [1.807, 2.05) is 10.5 Å². The van der Waals surface area contributed by atoms with Crippen LogP contribution in [0.5, 0.6) is 0 Å². The van der Waals surface area contributed by atoms with Gasteiger partial charge in [-0.05, 0) is 61.1 Å². The second-order valence-electron chi connectivity index (χ2n) is 9.78. The number of amides is 1. The minimum atomic E-state index is -4.49. The molecule has 4 heterocycles. The lowest BCUT2D eigenvalue weighted by Gasteiger charge is -2.31. The average Bonchev–Trinajstić information content (AvgIpc) is 3.34. The number of H-pyrrole nitrogens is 1. The number of aromatic nitrogens is 3. The molecule has 2 aliphatic rings. The van der Waals surface area contributed by atoms with Crippen molar-refractivity contribution in [3.05, 3.63) is 80.5 Å². The maximum atomic E-state index is 13.6. The number of fused-ring (bicyclic) bond motifs is 4. The Morgan fingerprint density at radius 2 is 1.95 bits per heavy atom. The molecular weight excluding hydrogens is 485 g/mol. The van der Waals surface area contributed by atoms with Gasteiger partial charge in [0.2, 0.25) is 0 Å². The molecule has 1 N–H and O–H groups in total. The van der Waals surface area contributed by atoms with E-state index in [1.165, 1.54) is 11.0 Å². The van der Waals surface area contributed by atoms with Gasteiger partial charge in [-0.15, -0.1) is 0 Å². The number of carbonyl (C=O) groups is 1. The summed E-state index contributed by atoms with van der Waals surface area (Å²) >= 11 is 0. The molecule has 0 bridgehead atoms. The fourth-order valence-electron chi connectivity index (χ4n) is 5.61. The van der Waals surface area contributed by atoms with Crippen molar-refractivity contribution < 1.29 is 22.7 Å². The molecule has 0 atom stereocenters. The van der Waals surface area contributed by atoms with E-state index in [9.17, 15) is 22.8 Å². The Balaban J connectivity index is 1.41. The molecule has 2 aromatic heterocycles. The number of aromatic amines is 1. The van der Waals surface area contributed by atoms with Crippen LogP contribution in [0.25, 0.3) is 16.6 Å². The zero-order valence-corrected chi connectivity index (χ0v) is 20.2. The first-order valence-electron chi connectivity index (χ1n) is 12.3. The molecule has 1 amide bonds. The SMILES string of the molecule is Cc1cc2c(cc1C(=O)N1CCc3cccc(C(F)(F)F)c3C1)[nH]c(=O)c1cnc(C3CCOCC3)n12. The normalized spacial score (nSPS) is 16.9. The Morgan fingerprint density at radius 3 is 2.70 bits per heavy atom. The molecule has 0 unspecified atom stereocenters. The highest BCUT2D eigenvalue weighted by atomic mass is 19.4. The highest BCUT2D eigenvalue weighted by Gasteiger charge is 2.36. The van der Waals surface area contributed by atoms with E-state index in [2.05, 4.69) is 9.97 Å². The standard InChI is InChI=1S/C27H25F3N4O3/c1-15-11-22-21(32-25(35)23-13-31-24(34(22)23)17-6-9-37-10-7-17)12-18(15)26(36)33-8-5-16-3-2-4-20(19(16)14-33)27(28,29)30/h2-4,11-13,17H,5-10,14H2,1H3,(H,32,35). The Hall–Kier alpha value is -3.66. The van der Waals surface area contributed by atoms with Crippen LogP contribution >= 0.6 is 0 Å². The summed E-state index contributed by atoms with van der Waals surface area (Å²) in [5, 5.41) is 0. The van der Waals surface area contributed by atoms with Gasteiger partial charge in [0, 0.05) is 37.8 Å². The number of alkyl halides is 3. The number of nitrogens with zero attached hydrogens (tertiary/aromatic N) is 3. The van der Waals surface area contributed by atoms with Crippen molar-refractivity contribution in [3.63, 3.8) is 0 Å². The van der Waals surface area contributed by atoms with E-state index in [0.29, 0.717) is 53.9 Å². The van der Waals surface area contributed by atoms with Crippen LogP contribution in [0.2, 0.25) is 0 Å². The summed E-state index contributed by atoms with van der Waals surface area (Å²) in [6, 6.07) is 7.63. The van der Waals surface area contributed by atoms with Crippen LogP contribution in [0.3, 0.4) is 0 Å². The Morgan fingerprint density at radius 1 is 1.16 bits per heavy atom. The molecule has 0 aliphatic carbocycles. The molecule has 4 aromatic rings. The third kappa shape index (κ3) is 3.99. The zero-order chi connectivity index (χ0) is 25.9. The maximum Gasteiger partial charge on any atom is 0.416 e. The highest BCUT2D eigenvalue weighted by molar-refractivity contribution is 5.99. The number of nitrogens with one attached hydrogen (secondary N) is 1. The topological polar surface area (TPSA) is 79.7 Å². The lowest BCUT2D eigenvalue weighted by atomic mass is 9.93. The highest BCUT2D eigenvalue weighted by Crippen LogP contribution is 2.36. The number of ether oxygens (including phenoxy) is 1. The summed E-state index contributed by atoms with van der Waals surface area (Å²) in [7, 11) is 0. The average molecular weight is 511 g/mol. The number of imidazole rings is 1. The molecule has 0 saturated carbocycles. The molecule has 0 radical (unpaired) electrons. The molecule has 192 valence electrons. The van der Waals surface area contributed by atoms with Crippen molar-refractivity contribution in [2.75, 3.05) is 19.8 Å². The van der Waals surface area contributed by atoms with Crippen LogP contribution in [0.4, 0.5) is 13.2 Å². The second kappa shape index (κ2) is 8.72. The first-order valence-corrected chi connectivity index (χ1v) is 12.3. The smallest absolute Gasteiger partial charge is 0.381 e. The summed E-state index contributed by atoms with van der Waals surface area (Å²) in [6.45, 7) is 3.26. The Bertz CT molecular complexity index is 1600. The number of benzene rings is 2. The Labute approximate surface area is 209 Å². The third-order valence-electron chi connectivity index (χ3n) is 7.54. The van der Waals surface area contributed by atoms with Crippen LogP contribution in [0.1, 0.15) is 57.2 Å². The number of aryl methyl sites for hydroxylation is 1. The van der Waals surface area contributed by atoms with E-state index in [-0.39, 0.29) is 29.5 Å². The first kappa shape index (κ1) is 23.7. The summed E-state index contributed by atoms with van der Waals surface area (Å²) in [5.41, 5.74) is 2.39. The van der Waals surface area contributed by atoms with Crippen molar-refractivity contribution in [1.29, 1.82) is 0 Å². The molecule has 6 rings (SSSR count). The van der Waals surface area contributed by atoms with Crippen molar-refractivity contribution in [1.82, 2.24) is 19.3 Å². The number of hydrogen-bond donors (Lipinski definition) is 1. The molecule has 2 aliphatic heterocycles. The Kier molecular flexibility index (Phi) is 5.59. The lowest BCUT2D eigenvalue weighted by Crippen LogP contribution is -2.37. The lowest BCUT2D eigenvalue weighted by molar-refractivity contribution is -0.138. The van der Waals surface area contributed by atoms with Gasteiger partial charge in [0.15, 0.2) is 0 Å². The number of rotatable bonds is 2. The van der Waals surface area contributed by atoms with E-state index in [0.717, 1.165) is 30.2 Å². The van der Waals surface area contributed by atoms with Gasteiger partial charge >= 0.3 is 6.18 Å². The summed E-state index contributed by atoms with van der Waals surface area (Å²) in [5.74, 6) is 0.581. The van der Waals surface area contributed by atoms with Crippen LogP contribution < -0.4 is 5.56 Å².